The molecule has 0 unspecified atom stereocenters. The van der Waals surface area contributed by atoms with E-state index in [9.17, 15) is 0 Å². The molecule has 0 aliphatic rings. The van der Waals surface area contributed by atoms with E-state index in [0.717, 1.165) is 12.2 Å². The van der Waals surface area contributed by atoms with Crippen molar-refractivity contribution in [2.75, 3.05) is 41.0 Å². The van der Waals surface area contributed by atoms with Gasteiger partial charge >= 0.3 is 0 Å². The fourth-order valence-corrected chi connectivity index (χ4v) is 1.87. The number of aromatic nitrogens is 1. The van der Waals surface area contributed by atoms with E-state index in [-0.39, 0.29) is 0 Å². The maximum Gasteiger partial charge on any atom is 0.183 e. The van der Waals surface area contributed by atoms with Crippen molar-refractivity contribution in [3.05, 3.63) is 18.0 Å². The van der Waals surface area contributed by atoms with Gasteiger partial charge in [-0.15, -0.1) is 0 Å². The molecule has 0 aliphatic heterocycles. The molecule has 1 aromatic rings. The molecule has 0 N–H and O–H groups in total. The molecule has 0 saturated carbocycles. The summed E-state index contributed by atoms with van der Waals surface area (Å²) in [5.74, 6) is 1.29. The third-order valence-electron chi connectivity index (χ3n) is 2.89. The van der Waals surface area contributed by atoms with Crippen LogP contribution in [-0.2, 0) is 11.3 Å². The van der Waals surface area contributed by atoms with Crippen molar-refractivity contribution in [3.8, 4) is 17.6 Å². The van der Waals surface area contributed by atoms with Gasteiger partial charge in [0.05, 0.1) is 26.9 Å². The summed E-state index contributed by atoms with van der Waals surface area (Å²) < 4.78 is 15.7. The van der Waals surface area contributed by atoms with Crippen LogP contribution < -0.4 is 9.47 Å². The van der Waals surface area contributed by atoms with E-state index in [0.29, 0.717) is 37.6 Å². The molecule has 6 nitrogen and oxygen atoms in total. The van der Waals surface area contributed by atoms with Crippen molar-refractivity contribution in [1.29, 1.82) is 5.26 Å². The van der Waals surface area contributed by atoms with Gasteiger partial charge in [0.25, 0.3) is 0 Å². The molecule has 6 heteroatoms. The standard InChI is InChI=1S/C14H21N3O3/c1-18-10-9-17(8-4-6-15)11-12-14(20-3)13(19-2)5-7-16-12/h5,7H,4,8-11H2,1-3H3. The highest BCUT2D eigenvalue weighted by molar-refractivity contribution is 5.42. The molecule has 0 radical (unpaired) electrons. The zero-order chi connectivity index (χ0) is 14.8. The molecule has 0 aromatic carbocycles. The predicted molar refractivity (Wildman–Crippen MR) is 74.7 cm³/mol. The number of hydrogen-bond acceptors (Lipinski definition) is 6. The number of ether oxygens (including phenoxy) is 3. The van der Waals surface area contributed by atoms with Crippen LogP contribution in [0.25, 0.3) is 0 Å². The first-order valence-corrected chi connectivity index (χ1v) is 6.40. The maximum absolute atomic E-state index is 8.72. The molecule has 0 aliphatic carbocycles. The zero-order valence-electron chi connectivity index (χ0n) is 12.3. The first-order valence-electron chi connectivity index (χ1n) is 6.40. The molecule has 0 fully saturated rings. The Labute approximate surface area is 119 Å². The van der Waals surface area contributed by atoms with Gasteiger partial charge in [0, 0.05) is 45.4 Å². The molecule has 0 atom stereocenters. The van der Waals surface area contributed by atoms with Crippen molar-refractivity contribution in [2.45, 2.75) is 13.0 Å². The summed E-state index contributed by atoms with van der Waals surface area (Å²) in [4.78, 5) is 6.45. The van der Waals surface area contributed by atoms with Crippen molar-refractivity contribution < 1.29 is 14.2 Å². The maximum atomic E-state index is 8.72. The number of hydrogen-bond donors (Lipinski definition) is 0. The Morgan fingerprint density at radius 2 is 2.05 bits per heavy atom. The van der Waals surface area contributed by atoms with Gasteiger partial charge in [-0.2, -0.15) is 5.26 Å². The van der Waals surface area contributed by atoms with Crippen LogP contribution in [0.1, 0.15) is 12.1 Å². The first kappa shape index (κ1) is 16.2. The summed E-state index contributed by atoms with van der Waals surface area (Å²) >= 11 is 0. The Balaban J connectivity index is 2.83. The largest absolute Gasteiger partial charge is 0.493 e. The molecule has 0 spiro atoms. The van der Waals surface area contributed by atoms with E-state index in [4.69, 9.17) is 19.5 Å². The normalized spacial score (nSPS) is 10.3. The van der Waals surface area contributed by atoms with Crippen LogP contribution in [0.2, 0.25) is 0 Å². The van der Waals surface area contributed by atoms with Gasteiger partial charge < -0.3 is 14.2 Å². The zero-order valence-corrected chi connectivity index (χ0v) is 12.3. The predicted octanol–water partition coefficient (Wildman–Crippen LogP) is 1.46. The highest BCUT2D eigenvalue weighted by atomic mass is 16.5. The van der Waals surface area contributed by atoms with E-state index >= 15 is 0 Å². The molecule has 0 amide bonds. The Hall–Kier alpha value is -1.84. The summed E-state index contributed by atoms with van der Waals surface area (Å²) in [5, 5.41) is 8.72. The lowest BCUT2D eigenvalue weighted by molar-refractivity contribution is 0.144. The highest BCUT2D eigenvalue weighted by Crippen LogP contribution is 2.29. The average molecular weight is 279 g/mol. The SMILES string of the molecule is COCCN(CCC#N)Cc1nccc(OC)c1OC. The molecule has 1 rings (SSSR count). The molecule has 20 heavy (non-hydrogen) atoms. The second-order valence-electron chi connectivity index (χ2n) is 4.17. The van der Waals surface area contributed by atoms with Crippen LogP contribution in [0, 0.1) is 11.3 Å². The Kier molecular flexibility index (Phi) is 7.40. The minimum absolute atomic E-state index is 0.468. The second-order valence-corrected chi connectivity index (χ2v) is 4.17. The Bertz CT molecular complexity index is 446. The molecule has 0 bridgehead atoms. The van der Waals surface area contributed by atoms with Crippen LogP contribution in [0.15, 0.2) is 12.3 Å². The van der Waals surface area contributed by atoms with Gasteiger partial charge in [-0.25, -0.2) is 0 Å². The second kappa shape index (κ2) is 9.13. The van der Waals surface area contributed by atoms with E-state index in [1.54, 1.807) is 33.6 Å². The quantitative estimate of drug-likeness (QED) is 0.681. The summed E-state index contributed by atoms with van der Waals surface area (Å²) in [5.41, 5.74) is 0.792. The van der Waals surface area contributed by atoms with Gasteiger partial charge in [0.2, 0.25) is 0 Å². The minimum Gasteiger partial charge on any atom is -0.493 e. The van der Waals surface area contributed by atoms with Crippen LogP contribution >= 0.6 is 0 Å². The molecular weight excluding hydrogens is 258 g/mol. The van der Waals surface area contributed by atoms with Crippen molar-refractivity contribution in [1.82, 2.24) is 9.88 Å². The van der Waals surface area contributed by atoms with Gasteiger partial charge in [-0.05, 0) is 0 Å². The summed E-state index contributed by atoms with van der Waals surface area (Å²) in [6.07, 6.45) is 2.16. The first-order chi connectivity index (χ1) is 9.76. The molecule has 1 heterocycles. The lowest BCUT2D eigenvalue weighted by Gasteiger charge is -2.21. The van der Waals surface area contributed by atoms with Crippen LogP contribution in [0.5, 0.6) is 11.5 Å². The van der Waals surface area contributed by atoms with Crippen LogP contribution in [0.3, 0.4) is 0 Å². The molecule has 0 saturated heterocycles. The fraction of sp³-hybridized carbons (Fsp3) is 0.571. The summed E-state index contributed by atoms with van der Waals surface area (Å²) in [6, 6.07) is 3.91. The lowest BCUT2D eigenvalue weighted by Crippen LogP contribution is -2.28. The van der Waals surface area contributed by atoms with E-state index < -0.39 is 0 Å². The molecule has 1 aromatic heterocycles. The van der Waals surface area contributed by atoms with E-state index in [1.807, 2.05) is 0 Å². The number of rotatable bonds is 9. The van der Waals surface area contributed by atoms with E-state index in [2.05, 4.69) is 16.0 Å². The fourth-order valence-electron chi connectivity index (χ4n) is 1.87. The highest BCUT2D eigenvalue weighted by Gasteiger charge is 2.14. The smallest absolute Gasteiger partial charge is 0.183 e. The Morgan fingerprint density at radius 1 is 1.25 bits per heavy atom. The molecule has 110 valence electrons. The Morgan fingerprint density at radius 3 is 2.65 bits per heavy atom. The number of nitriles is 1. The lowest BCUT2D eigenvalue weighted by atomic mass is 10.2. The third-order valence-corrected chi connectivity index (χ3v) is 2.89. The van der Waals surface area contributed by atoms with Crippen LogP contribution in [0.4, 0.5) is 0 Å². The van der Waals surface area contributed by atoms with Crippen LogP contribution in [-0.4, -0.2) is 50.9 Å². The minimum atomic E-state index is 0.468. The third kappa shape index (κ3) is 4.68. The topological polar surface area (TPSA) is 67.6 Å². The van der Waals surface area contributed by atoms with Gasteiger partial charge in [0.15, 0.2) is 11.5 Å². The number of pyridine rings is 1. The van der Waals surface area contributed by atoms with Crippen molar-refractivity contribution >= 4 is 0 Å². The van der Waals surface area contributed by atoms with E-state index in [1.165, 1.54) is 0 Å². The molecular formula is C14H21N3O3. The van der Waals surface area contributed by atoms with Gasteiger partial charge in [0.1, 0.15) is 5.69 Å². The van der Waals surface area contributed by atoms with Crippen molar-refractivity contribution in [2.24, 2.45) is 0 Å². The summed E-state index contributed by atoms with van der Waals surface area (Å²) in [6.45, 7) is 2.60. The monoisotopic (exact) mass is 279 g/mol. The number of nitrogens with zero attached hydrogens (tertiary/aromatic N) is 3. The van der Waals surface area contributed by atoms with Crippen molar-refractivity contribution in [3.63, 3.8) is 0 Å². The summed E-state index contributed by atoms with van der Waals surface area (Å²) in [7, 11) is 4.85. The number of methoxy groups -OCH3 is 3. The van der Waals surface area contributed by atoms with Gasteiger partial charge in [-0.3, -0.25) is 9.88 Å². The average Bonchev–Trinajstić information content (AvgIpc) is 2.49. The van der Waals surface area contributed by atoms with Gasteiger partial charge in [-0.1, -0.05) is 0 Å².